The van der Waals surface area contributed by atoms with Gasteiger partial charge in [0.15, 0.2) is 0 Å². The lowest BCUT2D eigenvalue weighted by Gasteiger charge is -2.00. The maximum atomic E-state index is 11.4. The molecule has 0 fully saturated rings. The van der Waals surface area contributed by atoms with Crippen LogP contribution in [0.2, 0.25) is 0 Å². The molecule has 0 spiro atoms. The van der Waals surface area contributed by atoms with E-state index in [2.05, 4.69) is 0 Å². The van der Waals surface area contributed by atoms with Gasteiger partial charge in [0.1, 0.15) is 0 Å². The van der Waals surface area contributed by atoms with Crippen LogP contribution < -0.4 is 5.32 Å². The van der Waals surface area contributed by atoms with Gasteiger partial charge in [-0.3, -0.25) is 4.79 Å². The summed E-state index contributed by atoms with van der Waals surface area (Å²) in [4.78, 5) is 10.4. The fourth-order valence-corrected chi connectivity index (χ4v) is 0.537. The lowest BCUT2D eigenvalue weighted by molar-refractivity contribution is -0.121. The van der Waals surface area contributed by atoms with Crippen LogP contribution in [0.3, 0.4) is 0 Å². The lowest BCUT2D eigenvalue weighted by atomic mass is 10.4. The van der Waals surface area contributed by atoms with Crippen molar-refractivity contribution in [2.24, 2.45) is 0 Å². The molecule has 0 aliphatic carbocycles. The molecule has 60 valence electrons. The van der Waals surface area contributed by atoms with Gasteiger partial charge < -0.3 is 5.32 Å². The van der Waals surface area contributed by atoms with E-state index in [1.807, 2.05) is 5.32 Å². The third-order valence-corrected chi connectivity index (χ3v) is 0.964. The first kappa shape index (κ1) is 9.62. The van der Waals surface area contributed by atoms with Gasteiger partial charge in [-0.2, -0.15) is 0 Å². The van der Waals surface area contributed by atoms with E-state index in [0.717, 1.165) is 0 Å². The number of carbonyl (C=O) groups is 1. The van der Waals surface area contributed by atoms with E-state index in [1.165, 1.54) is 0 Å². The number of hydrogen-bond donors (Lipinski definition) is 1. The highest BCUT2D eigenvalue weighted by Gasteiger charge is 2.04. The highest BCUT2D eigenvalue weighted by Crippen LogP contribution is 1.89. The van der Waals surface area contributed by atoms with Crippen LogP contribution in [0.15, 0.2) is 0 Å². The molecule has 2 nitrogen and oxygen atoms in total. The molecule has 0 aliphatic rings. The minimum absolute atomic E-state index is 0.0915. The second-order valence-electron chi connectivity index (χ2n) is 1.63. The molecule has 1 N–H and O–H groups in total. The Bertz CT molecular complexity index is 110. The van der Waals surface area contributed by atoms with Crippen molar-refractivity contribution >= 4 is 17.5 Å². The molecular weight excluding hydrogens is 164 g/mol. The Morgan fingerprint density at radius 3 is 2.60 bits per heavy atom. The molecule has 0 rings (SSSR count). The van der Waals surface area contributed by atoms with Gasteiger partial charge in [0.2, 0.25) is 5.91 Å². The number of halogens is 3. The Hall–Kier alpha value is -0.380. The van der Waals surface area contributed by atoms with Crippen molar-refractivity contribution in [1.82, 2.24) is 5.32 Å². The summed E-state index contributed by atoms with van der Waals surface area (Å²) in [6.07, 6.45) is -2.40. The van der Waals surface area contributed by atoms with E-state index in [4.69, 9.17) is 11.6 Å². The maximum absolute atomic E-state index is 11.4. The highest BCUT2D eigenvalue weighted by molar-refractivity contribution is 6.18. The van der Waals surface area contributed by atoms with Gasteiger partial charge in [-0.05, 0) is 0 Å². The lowest BCUT2D eigenvalue weighted by Crippen LogP contribution is -2.28. The average molecular weight is 172 g/mol. The van der Waals surface area contributed by atoms with Crippen molar-refractivity contribution in [3.8, 4) is 0 Å². The zero-order valence-electron chi connectivity index (χ0n) is 5.24. The molecule has 10 heavy (non-hydrogen) atoms. The topological polar surface area (TPSA) is 29.1 Å². The van der Waals surface area contributed by atoms with Crippen LogP contribution in [0.4, 0.5) is 8.78 Å². The predicted octanol–water partition coefficient (Wildman–Crippen LogP) is 0.997. The van der Waals surface area contributed by atoms with E-state index >= 15 is 0 Å². The minimum atomic E-state index is -2.49. The SMILES string of the molecule is O=C(CCCl)NCC(F)F. The Labute approximate surface area is 62.5 Å². The summed E-state index contributed by atoms with van der Waals surface area (Å²) in [6, 6.07) is 0. The van der Waals surface area contributed by atoms with Crippen LogP contribution in [0.25, 0.3) is 0 Å². The molecule has 0 aromatic heterocycles. The second kappa shape index (κ2) is 5.41. The molecule has 0 radical (unpaired) electrons. The van der Waals surface area contributed by atoms with E-state index in [1.54, 1.807) is 0 Å². The van der Waals surface area contributed by atoms with Crippen LogP contribution in [-0.4, -0.2) is 24.8 Å². The fourth-order valence-electron chi connectivity index (χ4n) is 0.365. The number of carbonyl (C=O) groups excluding carboxylic acids is 1. The van der Waals surface area contributed by atoms with Crippen LogP contribution in [0.1, 0.15) is 6.42 Å². The molecule has 0 heterocycles. The van der Waals surface area contributed by atoms with E-state index in [0.29, 0.717) is 0 Å². The highest BCUT2D eigenvalue weighted by atomic mass is 35.5. The van der Waals surface area contributed by atoms with Crippen molar-refractivity contribution in [3.63, 3.8) is 0 Å². The van der Waals surface area contributed by atoms with Gasteiger partial charge in [0.25, 0.3) is 6.43 Å². The summed E-state index contributed by atoms with van der Waals surface area (Å²) in [5.74, 6) is -0.273. The molecule has 0 aromatic rings. The largest absolute Gasteiger partial charge is 0.350 e. The number of alkyl halides is 3. The number of rotatable bonds is 4. The first-order valence-corrected chi connectivity index (χ1v) is 3.31. The Kier molecular flexibility index (Phi) is 5.20. The van der Waals surface area contributed by atoms with Crippen LogP contribution in [0.5, 0.6) is 0 Å². The average Bonchev–Trinajstić information content (AvgIpc) is 1.85. The number of hydrogen-bond acceptors (Lipinski definition) is 1. The third kappa shape index (κ3) is 5.75. The molecular formula is C5H8ClF2NO. The van der Waals surface area contributed by atoms with E-state index in [-0.39, 0.29) is 12.3 Å². The fraction of sp³-hybridized carbons (Fsp3) is 0.800. The monoisotopic (exact) mass is 171 g/mol. The quantitative estimate of drug-likeness (QED) is 0.629. The third-order valence-electron chi connectivity index (χ3n) is 0.775. The number of amides is 1. The zero-order valence-corrected chi connectivity index (χ0v) is 6.00. The van der Waals surface area contributed by atoms with Gasteiger partial charge >= 0.3 is 0 Å². The van der Waals surface area contributed by atoms with Crippen molar-refractivity contribution in [2.75, 3.05) is 12.4 Å². The molecule has 0 saturated carbocycles. The van der Waals surface area contributed by atoms with Crippen molar-refractivity contribution < 1.29 is 13.6 Å². The predicted molar refractivity (Wildman–Crippen MR) is 34.4 cm³/mol. The summed E-state index contributed by atoms with van der Waals surface area (Å²) >= 11 is 5.16. The smallest absolute Gasteiger partial charge is 0.255 e. The zero-order chi connectivity index (χ0) is 7.98. The minimum Gasteiger partial charge on any atom is -0.350 e. The normalized spacial score (nSPS) is 10.0. The number of nitrogens with one attached hydrogen (secondary N) is 1. The molecule has 0 saturated heterocycles. The van der Waals surface area contributed by atoms with E-state index in [9.17, 15) is 13.6 Å². The summed E-state index contributed by atoms with van der Waals surface area (Å²) in [7, 11) is 0. The standard InChI is InChI=1S/C5H8ClF2NO/c6-2-1-5(10)9-3-4(7)8/h4H,1-3H2,(H,9,10). The van der Waals surface area contributed by atoms with Crippen LogP contribution in [-0.2, 0) is 4.79 Å². The molecule has 0 bridgehead atoms. The van der Waals surface area contributed by atoms with Gasteiger partial charge in [0.05, 0.1) is 6.54 Å². The molecule has 0 unspecified atom stereocenters. The van der Waals surface area contributed by atoms with Crippen molar-refractivity contribution in [3.05, 3.63) is 0 Å². The summed E-state index contributed by atoms with van der Waals surface area (Å²) in [5.41, 5.74) is 0. The van der Waals surface area contributed by atoms with Crippen molar-refractivity contribution in [2.45, 2.75) is 12.8 Å². The van der Waals surface area contributed by atoms with Gasteiger partial charge in [-0.1, -0.05) is 0 Å². The molecule has 1 amide bonds. The first-order valence-electron chi connectivity index (χ1n) is 2.77. The Balaban J connectivity index is 3.22. The Morgan fingerprint density at radius 2 is 2.20 bits per heavy atom. The molecule has 5 heteroatoms. The molecule has 0 aliphatic heterocycles. The molecule has 0 aromatic carbocycles. The summed E-state index contributed by atoms with van der Waals surface area (Å²) in [6.45, 7) is -0.588. The molecule has 0 atom stereocenters. The van der Waals surface area contributed by atoms with Crippen molar-refractivity contribution in [1.29, 1.82) is 0 Å². The van der Waals surface area contributed by atoms with Gasteiger partial charge in [-0.15, -0.1) is 11.6 Å². The van der Waals surface area contributed by atoms with E-state index < -0.39 is 18.9 Å². The van der Waals surface area contributed by atoms with Crippen LogP contribution in [0, 0.1) is 0 Å². The van der Waals surface area contributed by atoms with Gasteiger partial charge in [-0.25, -0.2) is 8.78 Å². The first-order chi connectivity index (χ1) is 4.66. The maximum Gasteiger partial charge on any atom is 0.255 e. The summed E-state index contributed by atoms with van der Waals surface area (Å²) in [5, 5.41) is 2.01. The Morgan fingerprint density at radius 1 is 1.60 bits per heavy atom. The second-order valence-corrected chi connectivity index (χ2v) is 2.01. The van der Waals surface area contributed by atoms with Gasteiger partial charge in [0, 0.05) is 12.3 Å². The van der Waals surface area contributed by atoms with Crippen LogP contribution >= 0.6 is 11.6 Å². The summed E-state index contributed by atoms with van der Waals surface area (Å²) < 4.78 is 22.8.